The van der Waals surface area contributed by atoms with Crippen LogP contribution < -0.4 is 9.47 Å². The van der Waals surface area contributed by atoms with Gasteiger partial charge in [0.25, 0.3) is 0 Å². The molecule has 0 unspecified atom stereocenters. The second kappa shape index (κ2) is 7.12. The van der Waals surface area contributed by atoms with E-state index in [4.69, 9.17) is 18.9 Å². The van der Waals surface area contributed by atoms with Gasteiger partial charge in [-0.25, -0.2) is 0 Å². The summed E-state index contributed by atoms with van der Waals surface area (Å²) in [4.78, 5) is 0. The average Bonchev–Trinajstić information content (AvgIpc) is 2.52. The van der Waals surface area contributed by atoms with Gasteiger partial charge in [0, 0.05) is 13.2 Å². The quantitative estimate of drug-likeness (QED) is 0.559. The van der Waals surface area contributed by atoms with E-state index in [1.54, 1.807) is 0 Å². The van der Waals surface area contributed by atoms with Gasteiger partial charge in [0.05, 0.1) is 13.7 Å². The average molecular weight is 316 g/mol. The number of methoxy groups -OCH3 is 2. The van der Waals surface area contributed by atoms with Crippen LogP contribution in [0, 0.1) is 0 Å². The molecule has 22 heavy (non-hydrogen) atoms. The summed E-state index contributed by atoms with van der Waals surface area (Å²) in [6.07, 6.45) is -5.62. The van der Waals surface area contributed by atoms with E-state index in [1.165, 1.54) is 32.4 Å². The normalized spacial score (nSPS) is 31.8. The molecular formula is C14H20O8. The number of ether oxygens (including phenoxy) is 4. The molecule has 1 aromatic carbocycles. The van der Waals surface area contributed by atoms with Crippen molar-refractivity contribution in [1.82, 2.24) is 0 Å². The fourth-order valence-electron chi connectivity index (χ4n) is 2.32. The summed E-state index contributed by atoms with van der Waals surface area (Å²) in [5.41, 5.74) is 0. The smallest absolute Gasteiger partial charge is 0.229 e. The first-order valence-corrected chi connectivity index (χ1v) is 6.70. The highest BCUT2D eigenvalue weighted by Crippen LogP contribution is 2.33. The fourth-order valence-corrected chi connectivity index (χ4v) is 2.32. The van der Waals surface area contributed by atoms with Gasteiger partial charge < -0.3 is 39.4 Å². The van der Waals surface area contributed by atoms with Gasteiger partial charge in [-0.2, -0.15) is 0 Å². The van der Waals surface area contributed by atoms with Crippen LogP contribution in [0.3, 0.4) is 0 Å². The lowest BCUT2D eigenvalue weighted by molar-refractivity contribution is -0.282. The minimum absolute atomic E-state index is 0.0120. The molecule has 0 spiro atoms. The Kier molecular flexibility index (Phi) is 5.43. The SMILES string of the molecule is COc1cc(O)ccc1O[C@@H]1O[C@H](CO)[C@@H](OC)[C@H](O)[C@H]1O. The van der Waals surface area contributed by atoms with Gasteiger partial charge in [-0.15, -0.1) is 0 Å². The third kappa shape index (κ3) is 3.26. The molecule has 8 nitrogen and oxygen atoms in total. The number of rotatable bonds is 5. The minimum Gasteiger partial charge on any atom is -0.508 e. The highest BCUT2D eigenvalue weighted by atomic mass is 16.7. The van der Waals surface area contributed by atoms with Gasteiger partial charge in [-0.05, 0) is 12.1 Å². The van der Waals surface area contributed by atoms with E-state index in [0.29, 0.717) is 0 Å². The molecule has 0 bridgehead atoms. The zero-order chi connectivity index (χ0) is 16.3. The van der Waals surface area contributed by atoms with Crippen molar-refractivity contribution in [1.29, 1.82) is 0 Å². The number of hydrogen-bond acceptors (Lipinski definition) is 8. The Morgan fingerprint density at radius 3 is 2.45 bits per heavy atom. The van der Waals surface area contributed by atoms with Crippen molar-refractivity contribution >= 4 is 0 Å². The van der Waals surface area contributed by atoms with Crippen molar-refractivity contribution in [2.75, 3.05) is 20.8 Å². The van der Waals surface area contributed by atoms with E-state index in [0.717, 1.165) is 0 Å². The molecule has 124 valence electrons. The Morgan fingerprint density at radius 2 is 1.86 bits per heavy atom. The van der Waals surface area contributed by atoms with Crippen LogP contribution >= 0.6 is 0 Å². The molecule has 0 aromatic heterocycles. The zero-order valence-electron chi connectivity index (χ0n) is 12.2. The van der Waals surface area contributed by atoms with Crippen LogP contribution in [0.15, 0.2) is 18.2 Å². The van der Waals surface area contributed by atoms with Gasteiger partial charge in [0.1, 0.15) is 30.2 Å². The van der Waals surface area contributed by atoms with Crippen LogP contribution in [0.1, 0.15) is 0 Å². The van der Waals surface area contributed by atoms with Crippen molar-refractivity contribution in [2.24, 2.45) is 0 Å². The Hall–Kier alpha value is -1.58. The predicted octanol–water partition coefficient (Wildman–Crippen LogP) is -0.766. The molecule has 0 radical (unpaired) electrons. The molecule has 8 heteroatoms. The molecule has 1 aliphatic heterocycles. The van der Waals surface area contributed by atoms with Gasteiger partial charge in [0.2, 0.25) is 6.29 Å². The molecule has 1 fully saturated rings. The Bertz CT molecular complexity index is 492. The highest BCUT2D eigenvalue weighted by molar-refractivity contribution is 5.45. The van der Waals surface area contributed by atoms with Crippen molar-refractivity contribution in [3.63, 3.8) is 0 Å². The van der Waals surface area contributed by atoms with Gasteiger partial charge in [0.15, 0.2) is 11.5 Å². The minimum atomic E-state index is -1.38. The lowest BCUT2D eigenvalue weighted by Gasteiger charge is -2.41. The maximum Gasteiger partial charge on any atom is 0.229 e. The van der Waals surface area contributed by atoms with E-state index >= 15 is 0 Å². The fraction of sp³-hybridized carbons (Fsp3) is 0.571. The molecule has 0 saturated carbocycles. The predicted molar refractivity (Wildman–Crippen MR) is 73.8 cm³/mol. The Morgan fingerprint density at radius 1 is 1.14 bits per heavy atom. The molecule has 1 aromatic rings. The summed E-state index contributed by atoms with van der Waals surface area (Å²) >= 11 is 0. The van der Waals surface area contributed by atoms with Gasteiger partial charge >= 0.3 is 0 Å². The molecule has 1 heterocycles. The molecule has 2 rings (SSSR count). The lowest BCUT2D eigenvalue weighted by Crippen LogP contribution is -2.60. The molecule has 1 aliphatic rings. The molecular weight excluding hydrogens is 296 g/mol. The maximum atomic E-state index is 10.1. The van der Waals surface area contributed by atoms with E-state index in [2.05, 4.69) is 0 Å². The first-order chi connectivity index (χ1) is 10.5. The molecule has 5 atom stereocenters. The van der Waals surface area contributed by atoms with Crippen LogP contribution in [-0.2, 0) is 9.47 Å². The summed E-state index contributed by atoms with van der Waals surface area (Å²) in [5.74, 6) is 0.436. The third-order valence-corrected chi connectivity index (χ3v) is 3.48. The Balaban J connectivity index is 2.18. The first-order valence-electron chi connectivity index (χ1n) is 6.70. The number of hydrogen-bond donors (Lipinski definition) is 4. The number of benzene rings is 1. The summed E-state index contributed by atoms with van der Waals surface area (Å²) in [6.45, 7) is -0.408. The molecule has 0 amide bonds. The molecule has 0 aliphatic carbocycles. The van der Waals surface area contributed by atoms with Crippen LogP contribution in [0.25, 0.3) is 0 Å². The van der Waals surface area contributed by atoms with Crippen molar-refractivity contribution in [3.8, 4) is 17.2 Å². The van der Waals surface area contributed by atoms with E-state index in [-0.39, 0.29) is 17.2 Å². The van der Waals surface area contributed by atoms with E-state index in [9.17, 15) is 20.4 Å². The van der Waals surface area contributed by atoms with Crippen molar-refractivity contribution in [2.45, 2.75) is 30.7 Å². The standard InChI is InChI=1S/C14H20O8/c1-19-9-5-7(16)3-4-8(9)21-14-12(18)11(17)13(20-2)10(6-15)22-14/h3-5,10-18H,6H2,1-2H3/t10-,11-,12-,13-,14-/m1/s1. The second-order valence-corrected chi connectivity index (χ2v) is 4.86. The monoisotopic (exact) mass is 316 g/mol. The highest BCUT2D eigenvalue weighted by Gasteiger charge is 2.46. The van der Waals surface area contributed by atoms with Crippen molar-refractivity contribution in [3.05, 3.63) is 18.2 Å². The summed E-state index contributed by atoms with van der Waals surface area (Å²) in [7, 11) is 2.74. The lowest BCUT2D eigenvalue weighted by atomic mass is 9.99. The van der Waals surface area contributed by atoms with E-state index < -0.39 is 37.3 Å². The number of aliphatic hydroxyl groups is 3. The largest absolute Gasteiger partial charge is 0.508 e. The van der Waals surface area contributed by atoms with Gasteiger partial charge in [-0.3, -0.25) is 0 Å². The maximum absolute atomic E-state index is 10.1. The topological polar surface area (TPSA) is 118 Å². The van der Waals surface area contributed by atoms with Crippen LogP contribution in [0.4, 0.5) is 0 Å². The summed E-state index contributed by atoms with van der Waals surface area (Å²) < 4.78 is 21.0. The third-order valence-electron chi connectivity index (χ3n) is 3.48. The van der Waals surface area contributed by atoms with Crippen LogP contribution in [0.2, 0.25) is 0 Å². The van der Waals surface area contributed by atoms with Crippen molar-refractivity contribution < 1.29 is 39.4 Å². The number of phenolic OH excluding ortho intramolecular Hbond substituents is 1. The molecule has 4 N–H and O–H groups in total. The second-order valence-electron chi connectivity index (χ2n) is 4.86. The number of phenols is 1. The Labute approximate surface area is 127 Å². The van der Waals surface area contributed by atoms with E-state index in [1.807, 2.05) is 0 Å². The van der Waals surface area contributed by atoms with Crippen LogP contribution in [-0.4, -0.2) is 72.0 Å². The molecule has 1 saturated heterocycles. The van der Waals surface area contributed by atoms with Crippen LogP contribution in [0.5, 0.6) is 17.2 Å². The number of aliphatic hydroxyl groups excluding tert-OH is 3. The first kappa shape index (κ1) is 16.8. The summed E-state index contributed by atoms with van der Waals surface area (Å²) in [6, 6.07) is 4.15. The van der Waals surface area contributed by atoms with Gasteiger partial charge in [-0.1, -0.05) is 0 Å². The zero-order valence-corrected chi connectivity index (χ0v) is 12.2. The number of aromatic hydroxyl groups is 1. The summed E-state index contributed by atoms with van der Waals surface area (Å²) in [5, 5.41) is 38.8.